The SMILES string of the molecule is CN(CCCC(=O)N1CCCN(Cc2ccc(F)cc2)CC1)S(=O)(=O)c1ccc(F)cc1. The van der Waals surface area contributed by atoms with Gasteiger partial charge in [-0.3, -0.25) is 9.69 Å². The molecule has 1 aliphatic heterocycles. The van der Waals surface area contributed by atoms with E-state index in [4.69, 9.17) is 0 Å². The van der Waals surface area contributed by atoms with Crippen LogP contribution in [0.3, 0.4) is 0 Å². The fourth-order valence-electron chi connectivity index (χ4n) is 3.74. The summed E-state index contributed by atoms with van der Waals surface area (Å²) in [6, 6.07) is 11.2. The molecule has 1 heterocycles. The van der Waals surface area contributed by atoms with Crippen LogP contribution in [0.15, 0.2) is 53.4 Å². The van der Waals surface area contributed by atoms with Crippen molar-refractivity contribution in [2.75, 3.05) is 39.8 Å². The van der Waals surface area contributed by atoms with E-state index in [1.165, 1.54) is 35.6 Å². The van der Waals surface area contributed by atoms with Gasteiger partial charge >= 0.3 is 0 Å². The topological polar surface area (TPSA) is 60.9 Å². The predicted octanol–water partition coefficient (Wildman–Crippen LogP) is 3.10. The maximum absolute atomic E-state index is 13.1. The third-order valence-electron chi connectivity index (χ3n) is 5.65. The molecule has 0 aliphatic carbocycles. The summed E-state index contributed by atoms with van der Waals surface area (Å²) in [5.41, 5.74) is 1.04. The van der Waals surface area contributed by atoms with Crippen LogP contribution in [0.1, 0.15) is 24.8 Å². The molecule has 0 unspecified atom stereocenters. The average molecular weight is 466 g/mol. The Hall–Kier alpha value is -2.36. The normalized spacial score (nSPS) is 15.7. The second-order valence-corrected chi connectivity index (χ2v) is 10.1. The van der Waals surface area contributed by atoms with Crippen molar-refractivity contribution >= 4 is 15.9 Å². The van der Waals surface area contributed by atoms with E-state index in [2.05, 4.69) is 4.90 Å². The first-order chi connectivity index (χ1) is 15.3. The van der Waals surface area contributed by atoms with Gasteiger partial charge < -0.3 is 4.90 Å². The maximum Gasteiger partial charge on any atom is 0.242 e. The zero-order chi connectivity index (χ0) is 23.1. The molecule has 9 heteroatoms. The van der Waals surface area contributed by atoms with Crippen molar-refractivity contribution in [3.05, 3.63) is 65.7 Å². The van der Waals surface area contributed by atoms with Gasteiger partial charge in [0.15, 0.2) is 0 Å². The lowest BCUT2D eigenvalue weighted by Gasteiger charge is -2.23. The fourth-order valence-corrected chi connectivity index (χ4v) is 4.95. The first-order valence-corrected chi connectivity index (χ1v) is 12.2. The highest BCUT2D eigenvalue weighted by molar-refractivity contribution is 7.89. The lowest BCUT2D eigenvalue weighted by Crippen LogP contribution is -2.35. The van der Waals surface area contributed by atoms with Gasteiger partial charge in [-0.05, 0) is 54.8 Å². The number of rotatable bonds is 8. The number of hydrogen-bond acceptors (Lipinski definition) is 4. The average Bonchev–Trinajstić information content (AvgIpc) is 3.01. The van der Waals surface area contributed by atoms with Gasteiger partial charge in [0, 0.05) is 52.7 Å². The van der Waals surface area contributed by atoms with Crippen LogP contribution in [0, 0.1) is 11.6 Å². The summed E-state index contributed by atoms with van der Waals surface area (Å²) in [7, 11) is -2.25. The van der Waals surface area contributed by atoms with Crippen molar-refractivity contribution in [2.24, 2.45) is 0 Å². The van der Waals surface area contributed by atoms with E-state index in [0.29, 0.717) is 26.1 Å². The molecule has 0 spiro atoms. The Balaban J connectivity index is 1.44. The third-order valence-corrected chi connectivity index (χ3v) is 7.52. The van der Waals surface area contributed by atoms with Crippen LogP contribution >= 0.6 is 0 Å². The van der Waals surface area contributed by atoms with Crippen LogP contribution in [0.5, 0.6) is 0 Å². The van der Waals surface area contributed by atoms with Crippen LogP contribution in [-0.2, 0) is 21.4 Å². The number of carbonyl (C=O) groups is 1. The number of amides is 1. The van der Waals surface area contributed by atoms with Gasteiger partial charge in [-0.2, -0.15) is 0 Å². The molecular weight excluding hydrogens is 436 g/mol. The number of halogens is 2. The number of hydrogen-bond donors (Lipinski definition) is 0. The second-order valence-electron chi connectivity index (χ2n) is 8.02. The quantitative estimate of drug-likeness (QED) is 0.601. The minimum Gasteiger partial charge on any atom is -0.341 e. The summed E-state index contributed by atoms with van der Waals surface area (Å²) in [5.74, 6) is -0.732. The van der Waals surface area contributed by atoms with Crippen LogP contribution < -0.4 is 0 Å². The first kappa shape index (κ1) is 24.3. The Labute approximate surface area is 188 Å². The largest absolute Gasteiger partial charge is 0.341 e. The van der Waals surface area contributed by atoms with Gasteiger partial charge in [0.1, 0.15) is 11.6 Å². The zero-order valence-corrected chi connectivity index (χ0v) is 19.0. The molecule has 32 heavy (non-hydrogen) atoms. The van der Waals surface area contributed by atoms with Crippen molar-refractivity contribution in [3.63, 3.8) is 0 Å². The van der Waals surface area contributed by atoms with Crippen molar-refractivity contribution in [1.29, 1.82) is 0 Å². The Morgan fingerprint density at radius 1 is 0.938 bits per heavy atom. The summed E-state index contributed by atoms with van der Waals surface area (Å²) in [5, 5.41) is 0. The predicted molar refractivity (Wildman–Crippen MR) is 118 cm³/mol. The highest BCUT2D eigenvalue weighted by Gasteiger charge is 2.22. The number of sulfonamides is 1. The molecule has 174 valence electrons. The first-order valence-electron chi connectivity index (χ1n) is 10.7. The summed E-state index contributed by atoms with van der Waals surface area (Å²) < 4.78 is 52.4. The van der Waals surface area contributed by atoms with Gasteiger partial charge in [0.05, 0.1) is 4.90 Å². The molecule has 2 aromatic rings. The van der Waals surface area contributed by atoms with Gasteiger partial charge in [-0.1, -0.05) is 12.1 Å². The molecule has 0 aromatic heterocycles. The molecule has 1 amide bonds. The number of benzene rings is 2. The van der Waals surface area contributed by atoms with Crippen LogP contribution in [-0.4, -0.2) is 68.2 Å². The highest BCUT2D eigenvalue weighted by Crippen LogP contribution is 2.16. The zero-order valence-electron chi connectivity index (χ0n) is 18.2. The van der Waals surface area contributed by atoms with E-state index in [1.54, 1.807) is 12.1 Å². The molecule has 0 saturated carbocycles. The maximum atomic E-state index is 13.1. The molecular formula is C23H29F2N3O3S. The highest BCUT2D eigenvalue weighted by atomic mass is 32.2. The second kappa shape index (κ2) is 11.0. The Morgan fingerprint density at radius 2 is 1.56 bits per heavy atom. The lowest BCUT2D eigenvalue weighted by molar-refractivity contribution is -0.131. The van der Waals surface area contributed by atoms with Gasteiger partial charge in [-0.15, -0.1) is 0 Å². The molecule has 6 nitrogen and oxygen atoms in total. The van der Waals surface area contributed by atoms with Gasteiger partial charge in [0.25, 0.3) is 0 Å². The van der Waals surface area contributed by atoms with E-state index >= 15 is 0 Å². The molecule has 0 radical (unpaired) electrons. The monoisotopic (exact) mass is 465 g/mol. The Kier molecular flexibility index (Phi) is 8.33. The standard InChI is InChI=1S/C23H29F2N3O3S/c1-26(32(30,31)22-11-9-21(25)10-12-22)13-2-4-23(29)28-15-3-14-27(16-17-28)18-19-5-7-20(24)8-6-19/h5-12H,2-4,13-18H2,1H3. The van der Waals surface area contributed by atoms with E-state index in [-0.39, 0.29) is 29.6 Å². The third kappa shape index (κ3) is 6.57. The molecule has 2 aromatic carbocycles. The molecule has 0 N–H and O–H groups in total. The van der Waals surface area contributed by atoms with E-state index in [0.717, 1.165) is 37.2 Å². The van der Waals surface area contributed by atoms with Crippen molar-refractivity contribution in [1.82, 2.24) is 14.1 Å². The van der Waals surface area contributed by atoms with Crippen molar-refractivity contribution in [3.8, 4) is 0 Å². The van der Waals surface area contributed by atoms with Crippen LogP contribution in [0.4, 0.5) is 8.78 Å². The smallest absolute Gasteiger partial charge is 0.242 e. The Bertz CT molecular complexity index is 998. The summed E-state index contributed by atoms with van der Waals surface area (Å²) in [4.78, 5) is 16.8. The minimum absolute atomic E-state index is 0.0150. The lowest BCUT2D eigenvalue weighted by atomic mass is 10.2. The van der Waals surface area contributed by atoms with Crippen molar-refractivity contribution < 1.29 is 22.0 Å². The summed E-state index contributed by atoms with van der Waals surface area (Å²) >= 11 is 0. The molecule has 0 bridgehead atoms. The van der Waals surface area contributed by atoms with Crippen molar-refractivity contribution in [2.45, 2.75) is 30.7 Å². The summed E-state index contributed by atoms with van der Waals surface area (Å²) in [6.07, 6.45) is 1.53. The molecule has 1 fully saturated rings. The fraction of sp³-hybridized carbons (Fsp3) is 0.435. The molecule has 3 rings (SSSR count). The van der Waals surface area contributed by atoms with E-state index in [9.17, 15) is 22.0 Å². The molecule has 0 atom stereocenters. The number of nitrogens with zero attached hydrogens (tertiary/aromatic N) is 3. The molecule has 1 aliphatic rings. The van der Waals surface area contributed by atoms with Crippen LogP contribution in [0.2, 0.25) is 0 Å². The minimum atomic E-state index is -3.71. The van der Waals surface area contributed by atoms with Gasteiger partial charge in [-0.25, -0.2) is 21.5 Å². The van der Waals surface area contributed by atoms with E-state index in [1.807, 2.05) is 4.90 Å². The van der Waals surface area contributed by atoms with Gasteiger partial charge in [0.2, 0.25) is 15.9 Å². The summed E-state index contributed by atoms with van der Waals surface area (Å²) in [6.45, 7) is 3.80. The number of carbonyl (C=O) groups excluding carboxylic acids is 1. The van der Waals surface area contributed by atoms with Crippen LogP contribution in [0.25, 0.3) is 0 Å². The Morgan fingerprint density at radius 3 is 2.22 bits per heavy atom. The van der Waals surface area contributed by atoms with E-state index < -0.39 is 15.8 Å². The molecule has 1 saturated heterocycles.